The number of carbonyl (C=O) groups excluding carboxylic acids is 1. The van der Waals surface area contributed by atoms with Crippen LogP contribution in [0.25, 0.3) is 16.6 Å². The van der Waals surface area contributed by atoms with E-state index >= 15 is 0 Å². The number of piperidine rings is 1. The molecule has 1 atom stereocenters. The number of hydrogen-bond donors (Lipinski definition) is 1. The summed E-state index contributed by atoms with van der Waals surface area (Å²) in [5.74, 6) is -0.174. The molecule has 36 heavy (non-hydrogen) atoms. The second-order valence-corrected chi connectivity index (χ2v) is 9.06. The van der Waals surface area contributed by atoms with Gasteiger partial charge in [0.1, 0.15) is 0 Å². The molecule has 1 saturated heterocycles. The van der Waals surface area contributed by atoms with Crippen molar-refractivity contribution >= 4 is 29.0 Å². The Morgan fingerprint density at radius 1 is 1.08 bits per heavy atom. The number of benzene rings is 2. The first-order valence-corrected chi connectivity index (χ1v) is 11.8. The SMILES string of the molecule is O=C(c1ccc2c(=O)n(-c3cccc(C(F)(F)F)c3)c(=S)[nH]c2c1)N1CCCCC1c1cccnc1. The van der Waals surface area contributed by atoms with Gasteiger partial charge in [0.25, 0.3) is 11.5 Å². The fraction of sp³-hybridized carbons (Fsp3) is 0.231. The second-order valence-electron chi connectivity index (χ2n) is 8.68. The molecule has 6 nitrogen and oxygen atoms in total. The third-order valence-corrected chi connectivity index (χ3v) is 6.69. The highest BCUT2D eigenvalue weighted by atomic mass is 32.1. The molecule has 0 saturated carbocycles. The highest BCUT2D eigenvalue weighted by Crippen LogP contribution is 2.32. The summed E-state index contributed by atoms with van der Waals surface area (Å²) >= 11 is 5.33. The molecule has 1 aliphatic heterocycles. The third-order valence-electron chi connectivity index (χ3n) is 6.41. The number of alkyl halides is 3. The van der Waals surface area contributed by atoms with E-state index in [-0.39, 0.29) is 27.8 Å². The van der Waals surface area contributed by atoms with Gasteiger partial charge in [-0.05, 0) is 79.5 Å². The smallest absolute Gasteiger partial charge is 0.332 e. The van der Waals surface area contributed by atoms with E-state index in [1.165, 1.54) is 18.2 Å². The number of halogens is 3. The number of rotatable bonds is 3. The quantitative estimate of drug-likeness (QED) is 0.352. The molecular weight excluding hydrogens is 489 g/mol. The van der Waals surface area contributed by atoms with Crippen LogP contribution in [0.1, 0.15) is 46.8 Å². The number of nitrogens with one attached hydrogen (secondary N) is 1. The van der Waals surface area contributed by atoms with Crippen LogP contribution in [0.5, 0.6) is 0 Å². The molecule has 1 unspecified atom stereocenters. The number of nitrogens with zero attached hydrogens (tertiary/aromatic N) is 3. The van der Waals surface area contributed by atoms with Crippen molar-refractivity contribution in [1.82, 2.24) is 19.4 Å². The summed E-state index contributed by atoms with van der Waals surface area (Å²) < 4.78 is 40.5. The van der Waals surface area contributed by atoms with Crippen LogP contribution >= 0.6 is 12.2 Å². The standard InChI is InChI=1S/C26H21F3N4O2S/c27-26(28,29)18-6-3-7-19(14-18)33-24(35)20-10-9-16(13-21(20)31-25(33)36)23(34)32-12-2-1-8-22(32)17-5-4-11-30-15-17/h3-7,9-11,13-15,22H,1-2,8,12H2,(H,31,36). The van der Waals surface area contributed by atoms with Crippen LogP contribution in [0, 0.1) is 4.77 Å². The first kappa shape index (κ1) is 23.9. The number of amides is 1. The minimum Gasteiger partial charge on any atom is -0.332 e. The van der Waals surface area contributed by atoms with Crippen LogP contribution in [-0.4, -0.2) is 31.9 Å². The normalized spacial score (nSPS) is 16.3. The summed E-state index contributed by atoms with van der Waals surface area (Å²) in [6.45, 7) is 0.601. The number of likely N-dealkylation sites (tertiary alicyclic amines) is 1. The molecule has 5 rings (SSSR count). The Morgan fingerprint density at radius 2 is 1.92 bits per heavy atom. The van der Waals surface area contributed by atoms with Crippen molar-refractivity contribution in [2.75, 3.05) is 6.54 Å². The summed E-state index contributed by atoms with van der Waals surface area (Å²) in [4.78, 5) is 35.6. The van der Waals surface area contributed by atoms with Crippen molar-refractivity contribution in [2.45, 2.75) is 31.5 Å². The van der Waals surface area contributed by atoms with Crippen LogP contribution in [-0.2, 0) is 6.18 Å². The van der Waals surface area contributed by atoms with Gasteiger partial charge >= 0.3 is 6.18 Å². The number of carbonyl (C=O) groups is 1. The zero-order valence-corrected chi connectivity index (χ0v) is 19.8. The molecule has 4 aromatic rings. The lowest BCUT2D eigenvalue weighted by molar-refractivity contribution is -0.137. The van der Waals surface area contributed by atoms with Gasteiger partial charge in [-0.3, -0.25) is 19.1 Å². The molecule has 1 N–H and O–H groups in total. The number of aromatic amines is 1. The lowest BCUT2D eigenvalue weighted by Gasteiger charge is -2.36. The van der Waals surface area contributed by atoms with Gasteiger partial charge in [-0.2, -0.15) is 13.2 Å². The van der Waals surface area contributed by atoms with Crippen LogP contribution in [0.3, 0.4) is 0 Å². The van der Waals surface area contributed by atoms with Crippen molar-refractivity contribution in [3.8, 4) is 5.69 Å². The van der Waals surface area contributed by atoms with E-state index in [0.29, 0.717) is 17.6 Å². The van der Waals surface area contributed by atoms with E-state index in [2.05, 4.69) is 9.97 Å². The minimum absolute atomic E-state index is 0.00533. The van der Waals surface area contributed by atoms with Gasteiger partial charge in [-0.15, -0.1) is 0 Å². The molecule has 1 amide bonds. The van der Waals surface area contributed by atoms with Gasteiger partial charge in [0.2, 0.25) is 0 Å². The first-order valence-electron chi connectivity index (χ1n) is 11.4. The van der Waals surface area contributed by atoms with Crippen molar-refractivity contribution in [1.29, 1.82) is 0 Å². The van der Waals surface area contributed by atoms with Crippen molar-refractivity contribution < 1.29 is 18.0 Å². The number of aromatic nitrogens is 3. The van der Waals surface area contributed by atoms with Crippen molar-refractivity contribution in [3.05, 3.63) is 98.8 Å². The van der Waals surface area contributed by atoms with Crippen LogP contribution in [0.4, 0.5) is 13.2 Å². The Labute approximate surface area is 209 Å². The average molecular weight is 511 g/mol. The van der Waals surface area contributed by atoms with E-state index < -0.39 is 17.3 Å². The van der Waals surface area contributed by atoms with Gasteiger partial charge in [-0.1, -0.05) is 12.1 Å². The van der Waals surface area contributed by atoms with Crippen molar-refractivity contribution in [2.24, 2.45) is 0 Å². The van der Waals surface area contributed by atoms with E-state index in [1.807, 2.05) is 17.0 Å². The zero-order chi connectivity index (χ0) is 25.4. The lowest BCUT2D eigenvalue weighted by Crippen LogP contribution is -2.38. The number of H-pyrrole nitrogens is 1. The third kappa shape index (κ3) is 4.44. The Morgan fingerprint density at radius 3 is 2.67 bits per heavy atom. The molecule has 2 aromatic carbocycles. The first-order chi connectivity index (χ1) is 17.2. The molecule has 1 aliphatic rings. The van der Waals surface area contributed by atoms with E-state index in [4.69, 9.17) is 12.2 Å². The van der Waals surface area contributed by atoms with Gasteiger partial charge < -0.3 is 9.88 Å². The molecule has 184 valence electrons. The Hall–Kier alpha value is -3.79. The number of pyridine rings is 1. The Kier molecular flexibility index (Phi) is 6.21. The highest BCUT2D eigenvalue weighted by Gasteiger charge is 2.31. The predicted molar refractivity (Wildman–Crippen MR) is 132 cm³/mol. The fourth-order valence-electron chi connectivity index (χ4n) is 4.67. The monoisotopic (exact) mass is 510 g/mol. The molecule has 3 heterocycles. The Balaban J connectivity index is 1.54. The summed E-state index contributed by atoms with van der Waals surface area (Å²) in [5.41, 5.74) is 0.250. The molecule has 0 spiro atoms. The zero-order valence-electron chi connectivity index (χ0n) is 19.0. The van der Waals surface area contributed by atoms with Gasteiger partial charge in [0.15, 0.2) is 4.77 Å². The maximum atomic E-state index is 13.5. The van der Waals surface area contributed by atoms with Gasteiger partial charge in [0, 0.05) is 24.5 Å². The highest BCUT2D eigenvalue weighted by molar-refractivity contribution is 7.71. The molecule has 0 aliphatic carbocycles. The lowest BCUT2D eigenvalue weighted by atomic mass is 9.95. The topological polar surface area (TPSA) is 71.0 Å². The maximum absolute atomic E-state index is 13.5. The largest absolute Gasteiger partial charge is 0.416 e. The average Bonchev–Trinajstić information content (AvgIpc) is 2.88. The molecular formula is C26H21F3N4O2S. The van der Waals surface area contributed by atoms with E-state index in [0.717, 1.165) is 41.5 Å². The van der Waals surface area contributed by atoms with E-state index in [1.54, 1.807) is 24.5 Å². The fourth-order valence-corrected chi connectivity index (χ4v) is 4.97. The van der Waals surface area contributed by atoms with Gasteiger partial charge in [0.05, 0.1) is 28.2 Å². The summed E-state index contributed by atoms with van der Waals surface area (Å²) in [5, 5.41) is 0.208. The predicted octanol–water partition coefficient (Wildman–Crippen LogP) is 5.83. The van der Waals surface area contributed by atoms with E-state index in [9.17, 15) is 22.8 Å². The maximum Gasteiger partial charge on any atom is 0.416 e. The van der Waals surface area contributed by atoms with Crippen LogP contribution < -0.4 is 5.56 Å². The second kappa shape index (κ2) is 9.34. The summed E-state index contributed by atoms with van der Waals surface area (Å²) in [6, 6.07) is 12.8. The van der Waals surface area contributed by atoms with Crippen molar-refractivity contribution in [3.63, 3.8) is 0 Å². The minimum atomic E-state index is -4.56. The van der Waals surface area contributed by atoms with Crippen LogP contribution in [0.2, 0.25) is 0 Å². The number of hydrogen-bond acceptors (Lipinski definition) is 4. The van der Waals surface area contributed by atoms with Crippen LogP contribution in [0.15, 0.2) is 71.8 Å². The summed E-state index contributed by atoms with van der Waals surface area (Å²) in [7, 11) is 0. The molecule has 0 bridgehead atoms. The van der Waals surface area contributed by atoms with Gasteiger partial charge in [-0.25, -0.2) is 0 Å². The molecule has 2 aromatic heterocycles. The number of fused-ring (bicyclic) bond motifs is 1. The Bertz CT molecular complexity index is 1560. The molecule has 1 fully saturated rings. The molecule has 10 heteroatoms. The summed E-state index contributed by atoms with van der Waals surface area (Å²) in [6.07, 6.45) is 1.62. The molecule has 0 radical (unpaired) electrons.